The SMILES string of the molecule is CCOC(=O)CCN(C(=O)c1cccc(NS(=O)(=O)c2ccc(CC3SC(=O)NC3=O)cc2)c1)c1ccc(Br)cc1F. The molecule has 1 atom stereocenters. The lowest BCUT2D eigenvalue weighted by atomic mass is 10.1. The number of sulfonamides is 1. The fourth-order valence-electron chi connectivity index (χ4n) is 4.10. The van der Waals surface area contributed by atoms with Crippen LogP contribution in [0.5, 0.6) is 0 Å². The number of nitrogens with zero attached hydrogens (tertiary/aromatic N) is 1. The van der Waals surface area contributed by atoms with E-state index in [0.717, 1.165) is 16.7 Å². The molecule has 0 saturated carbocycles. The number of benzene rings is 3. The summed E-state index contributed by atoms with van der Waals surface area (Å²) in [5.41, 5.74) is 0.756. The van der Waals surface area contributed by atoms with Crippen LogP contribution >= 0.6 is 27.7 Å². The number of ether oxygens (including phenoxy) is 1. The number of thioether (sulfide) groups is 1. The van der Waals surface area contributed by atoms with Gasteiger partial charge in [0, 0.05) is 22.3 Å². The van der Waals surface area contributed by atoms with E-state index in [2.05, 4.69) is 26.0 Å². The van der Waals surface area contributed by atoms with E-state index in [4.69, 9.17) is 4.74 Å². The Bertz CT molecular complexity index is 1630. The van der Waals surface area contributed by atoms with E-state index in [1.807, 2.05) is 0 Å². The van der Waals surface area contributed by atoms with Crippen molar-refractivity contribution in [1.82, 2.24) is 5.32 Å². The van der Waals surface area contributed by atoms with Crippen LogP contribution in [0.1, 0.15) is 29.3 Å². The zero-order valence-corrected chi connectivity index (χ0v) is 25.4. The lowest BCUT2D eigenvalue weighted by molar-refractivity contribution is -0.142. The average molecular weight is 679 g/mol. The van der Waals surface area contributed by atoms with Gasteiger partial charge in [0.15, 0.2) is 0 Å². The van der Waals surface area contributed by atoms with Gasteiger partial charge in [-0.3, -0.25) is 29.2 Å². The first-order valence-corrected chi connectivity index (χ1v) is 15.8. The maximum absolute atomic E-state index is 14.8. The van der Waals surface area contributed by atoms with Crippen molar-refractivity contribution < 1.29 is 36.7 Å². The van der Waals surface area contributed by atoms with Crippen molar-refractivity contribution in [3.63, 3.8) is 0 Å². The van der Waals surface area contributed by atoms with E-state index in [1.54, 1.807) is 25.1 Å². The summed E-state index contributed by atoms with van der Waals surface area (Å²) in [7, 11) is -4.07. The quantitative estimate of drug-likeness (QED) is 0.274. The largest absolute Gasteiger partial charge is 0.466 e. The minimum atomic E-state index is -4.07. The lowest BCUT2D eigenvalue weighted by Crippen LogP contribution is -2.34. The van der Waals surface area contributed by atoms with Crippen LogP contribution in [0.2, 0.25) is 0 Å². The van der Waals surface area contributed by atoms with Crippen LogP contribution in [0.15, 0.2) is 76.1 Å². The van der Waals surface area contributed by atoms with E-state index in [1.165, 1.54) is 48.5 Å². The first-order valence-electron chi connectivity index (χ1n) is 12.6. The number of nitrogens with one attached hydrogen (secondary N) is 2. The number of imide groups is 1. The van der Waals surface area contributed by atoms with Gasteiger partial charge in [-0.05, 0) is 67.4 Å². The molecule has 2 N–H and O–H groups in total. The van der Waals surface area contributed by atoms with Crippen molar-refractivity contribution >= 4 is 72.1 Å². The maximum atomic E-state index is 14.8. The lowest BCUT2D eigenvalue weighted by Gasteiger charge is -2.23. The molecule has 220 valence electrons. The zero-order chi connectivity index (χ0) is 30.4. The summed E-state index contributed by atoms with van der Waals surface area (Å²) in [6, 6.07) is 15.7. The van der Waals surface area contributed by atoms with Gasteiger partial charge in [0.2, 0.25) is 5.91 Å². The molecule has 3 aromatic carbocycles. The highest BCUT2D eigenvalue weighted by atomic mass is 79.9. The molecule has 42 heavy (non-hydrogen) atoms. The molecule has 4 rings (SSSR count). The van der Waals surface area contributed by atoms with Gasteiger partial charge in [-0.2, -0.15) is 0 Å². The van der Waals surface area contributed by atoms with Crippen LogP contribution in [0.3, 0.4) is 0 Å². The molecule has 0 aromatic heterocycles. The first kappa shape index (κ1) is 31.2. The highest BCUT2D eigenvalue weighted by Crippen LogP contribution is 2.27. The van der Waals surface area contributed by atoms with Gasteiger partial charge in [0.25, 0.3) is 21.2 Å². The number of amides is 3. The third-order valence-corrected chi connectivity index (χ3v) is 8.95. The fourth-order valence-corrected chi connectivity index (χ4v) is 6.34. The van der Waals surface area contributed by atoms with Crippen molar-refractivity contribution in [1.29, 1.82) is 0 Å². The Kier molecular flexibility index (Phi) is 10.0. The molecule has 1 aliphatic rings. The van der Waals surface area contributed by atoms with Crippen LogP contribution in [-0.4, -0.2) is 49.8 Å². The highest BCUT2D eigenvalue weighted by Gasteiger charge is 2.31. The van der Waals surface area contributed by atoms with Gasteiger partial charge in [0.05, 0.1) is 28.9 Å². The van der Waals surface area contributed by atoms with Crippen LogP contribution < -0.4 is 14.9 Å². The molecule has 0 aliphatic carbocycles. The molecule has 0 radical (unpaired) electrons. The molecule has 3 amide bonds. The third-order valence-electron chi connectivity index (χ3n) is 6.07. The smallest absolute Gasteiger partial charge is 0.307 e. The Morgan fingerprint density at radius 3 is 2.48 bits per heavy atom. The minimum absolute atomic E-state index is 0.0543. The van der Waals surface area contributed by atoms with E-state index >= 15 is 0 Å². The Morgan fingerprint density at radius 1 is 1.10 bits per heavy atom. The Morgan fingerprint density at radius 2 is 1.83 bits per heavy atom. The maximum Gasteiger partial charge on any atom is 0.307 e. The summed E-state index contributed by atoms with van der Waals surface area (Å²) in [5, 5.41) is 1.21. The monoisotopic (exact) mass is 677 g/mol. The van der Waals surface area contributed by atoms with E-state index < -0.39 is 38.2 Å². The Hall–Kier alpha value is -3.75. The summed E-state index contributed by atoms with van der Waals surface area (Å²) in [6.07, 6.45) is 0.0730. The van der Waals surface area contributed by atoms with Gasteiger partial charge in [-0.1, -0.05) is 45.9 Å². The second-order valence-electron chi connectivity index (χ2n) is 9.03. The van der Waals surface area contributed by atoms with Crippen molar-refractivity contribution in [3.8, 4) is 0 Å². The molecular formula is C28H25BrFN3O7S2. The third kappa shape index (κ3) is 7.75. The molecule has 10 nitrogen and oxygen atoms in total. The number of carbonyl (C=O) groups excluding carboxylic acids is 4. The number of anilines is 2. The molecule has 1 saturated heterocycles. The predicted octanol–water partition coefficient (Wildman–Crippen LogP) is 4.88. The number of carbonyl (C=O) groups is 4. The summed E-state index contributed by atoms with van der Waals surface area (Å²) >= 11 is 4.07. The first-order chi connectivity index (χ1) is 20.0. The number of hydrogen-bond acceptors (Lipinski definition) is 8. The molecule has 1 fully saturated rings. The predicted molar refractivity (Wildman–Crippen MR) is 159 cm³/mol. The standard InChI is InChI=1S/C28H25BrFN3O7S2/c1-2-40-25(34)12-13-33(23-11-8-19(29)16-22(23)30)27(36)18-4-3-5-20(15-18)32-42(38,39)21-9-6-17(7-10-21)14-24-26(35)31-28(37)41-24/h3-11,15-16,24,32H,2,12-14H2,1H3,(H,31,35,37). The van der Waals surface area contributed by atoms with Crippen LogP contribution in [-0.2, 0) is 30.8 Å². The van der Waals surface area contributed by atoms with Crippen molar-refractivity contribution in [2.24, 2.45) is 0 Å². The highest BCUT2D eigenvalue weighted by molar-refractivity contribution is 9.10. The van der Waals surface area contributed by atoms with Crippen molar-refractivity contribution in [3.05, 3.63) is 88.1 Å². The number of halogens is 2. The van der Waals surface area contributed by atoms with Gasteiger partial charge in [-0.25, -0.2) is 12.8 Å². The molecule has 1 heterocycles. The molecule has 3 aromatic rings. The van der Waals surface area contributed by atoms with Crippen molar-refractivity contribution in [2.75, 3.05) is 22.8 Å². The molecule has 1 unspecified atom stereocenters. The number of rotatable bonds is 11. The molecule has 0 spiro atoms. The van der Waals surface area contributed by atoms with Gasteiger partial charge in [-0.15, -0.1) is 0 Å². The number of esters is 1. The fraction of sp³-hybridized carbons (Fsp3) is 0.214. The molecule has 0 bridgehead atoms. The normalized spacial score (nSPS) is 14.8. The van der Waals surface area contributed by atoms with Crippen LogP contribution in [0.25, 0.3) is 0 Å². The van der Waals surface area contributed by atoms with E-state index in [9.17, 15) is 32.0 Å². The van der Waals surface area contributed by atoms with Crippen LogP contribution in [0.4, 0.5) is 20.6 Å². The van der Waals surface area contributed by atoms with Gasteiger partial charge >= 0.3 is 5.97 Å². The molecule has 14 heteroatoms. The van der Waals surface area contributed by atoms with E-state index in [0.29, 0.717) is 10.0 Å². The molecule has 1 aliphatic heterocycles. The zero-order valence-electron chi connectivity index (χ0n) is 22.1. The average Bonchev–Trinajstić information content (AvgIpc) is 3.25. The second-order valence-corrected chi connectivity index (χ2v) is 12.8. The van der Waals surface area contributed by atoms with Gasteiger partial charge < -0.3 is 9.64 Å². The summed E-state index contributed by atoms with van der Waals surface area (Å²) in [5.74, 6) is -2.29. The van der Waals surface area contributed by atoms with E-state index in [-0.39, 0.29) is 53.7 Å². The summed E-state index contributed by atoms with van der Waals surface area (Å²) in [4.78, 5) is 49.8. The molecular weight excluding hydrogens is 653 g/mol. The second kappa shape index (κ2) is 13.5. The Labute approximate surface area is 254 Å². The topological polar surface area (TPSA) is 139 Å². The van der Waals surface area contributed by atoms with Crippen molar-refractivity contribution in [2.45, 2.75) is 29.9 Å². The number of hydrogen-bond donors (Lipinski definition) is 2. The minimum Gasteiger partial charge on any atom is -0.466 e. The summed E-state index contributed by atoms with van der Waals surface area (Å²) in [6.45, 7) is 1.63. The van der Waals surface area contributed by atoms with Gasteiger partial charge in [0.1, 0.15) is 5.82 Å². The Balaban J connectivity index is 1.52. The summed E-state index contributed by atoms with van der Waals surface area (Å²) < 4.78 is 48.8. The van der Waals surface area contributed by atoms with Crippen LogP contribution in [0, 0.1) is 5.82 Å².